The molecule has 5 nitrogen and oxygen atoms in total. The van der Waals surface area contributed by atoms with Crippen molar-refractivity contribution < 1.29 is 36.0 Å². The Kier molecular flexibility index (Phi) is 29.7. The number of carbonyl (C=O) groups excluding carboxylic acids is 2. The molecule has 0 heterocycles. The fourth-order valence-corrected chi connectivity index (χ4v) is 4.95. The SMILES string of the molecule is CCCCCCCCCCCCCOC(=O)C[C@H](C[N+](C)(C)C)OC(=O)CCCCCCCCCCCC.[Cl-]. The average Bonchev–Trinajstić information content (AvgIpc) is 2.84. The van der Waals surface area contributed by atoms with Crippen molar-refractivity contribution in [1.29, 1.82) is 0 Å². The van der Waals surface area contributed by atoms with E-state index in [1.54, 1.807) is 0 Å². The van der Waals surface area contributed by atoms with Crippen LogP contribution in [-0.4, -0.2) is 56.8 Å². The number of rotatable bonds is 28. The largest absolute Gasteiger partial charge is 1.00 e. The summed E-state index contributed by atoms with van der Waals surface area (Å²) in [7, 11) is 6.17. The molecule has 0 saturated carbocycles. The highest BCUT2D eigenvalue weighted by molar-refractivity contribution is 5.72. The van der Waals surface area contributed by atoms with Gasteiger partial charge in [-0.05, 0) is 12.8 Å². The van der Waals surface area contributed by atoms with Crippen molar-refractivity contribution in [2.75, 3.05) is 34.3 Å². The number of hydrogen-bond donors (Lipinski definition) is 0. The van der Waals surface area contributed by atoms with E-state index in [4.69, 9.17) is 9.47 Å². The number of nitrogens with zero attached hydrogens (tertiary/aromatic N) is 1. The Hall–Kier alpha value is -0.810. The molecule has 0 aromatic heterocycles. The second kappa shape index (κ2) is 28.7. The van der Waals surface area contributed by atoms with Crippen LogP contribution in [0.1, 0.15) is 162 Å². The first kappa shape index (κ1) is 40.3. The van der Waals surface area contributed by atoms with Gasteiger partial charge in [-0.3, -0.25) is 9.59 Å². The Balaban J connectivity index is 0. The van der Waals surface area contributed by atoms with E-state index in [2.05, 4.69) is 35.0 Å². The van der Waals surface area contributed by atoms with Crippen LogP contribution in [0, 0.1) is 0 Å². The molecule has 0 fully saturated rings. The quantitative estimate of drug-likeness (QED) is 0.0636. The summed E-state index contributed by atoms with van der Waals surface area (Å²) in [6.07, 6.45) is 26.6. The van der Waals surface area contributed by atoms with Gasteiger partial charge in [-0.2, -0.15) is 0 Å². The van der Waals surface area contributed by atoms with Crippen molar-refractivity contribution >= 4 is 11.9 Å². The topological polar surface area (TPSA) is 52.6 Å². The van der Waals surface area contributed by atoms with E-state index in [1.165, 1.54) is 109 Å². The molecule has 0 aromatic rings. The van der Waals surface area contributed by atoms with Crippen molar-refractivity contribution in [2.45, 2.75) is 168 Å². The Morgan fingerprint density at radius 3 is 1.36 bits per heavy atom. The molecule has 0 bridgehead atoms. The van der Waals surface area contributed by atoms with Crippen LogP contribution in [0.4, 0.5) is 0 Å². The number of halogens is 1. The van der Waals surface area contributed by atoms with Crippen molar-refractivity contribution in [3.63, 3.8) is 0 Å². The summed E-state index contributed by atoms with van der Waals surface area (Å²) in [5, 5.41) is 0. The number of likely N-dealkylation sites (N-methyl/N-ethyl adjacent to an activating group) is 1. The molecule has 0 radical (unpaired) electrons. The molecule has 0 aromatic carbocycles. The van der Waals surface area contributed by atoms with Gasteiger partial charge in [-0.15, -0.1) is 0 Å². The standard InChI is InChI=1S/C33H66NO4.ClH/c1-6-8-10-12-14-16-18-20-22-24-26-28-37-33(36)29-31(30-34(3,4)5)38-32(35)27-25-23-21-19-17-15-13-11-9-7-2;/h31H,6-30H2,1-5H3;1H/q+1;/p-1/t31-;/m1./s1. The first-order chi connectivity index (χ1) is 18.3. The highest BCUT2D eigenvalue weighted by Gasteiger charge is 2.25. The molecule has 6 heteroatoms. The van der Waals surface area contributed by atoms with Gasteiger partial charge in [-0.1, -0.05) is 136 Å². The predicted octanol–water partition coefficient (Wildman–Crippen LogP) is 6.16. The van der Waals surface area contributed by atoms with E-state index in [-0.39, 0.29) is 30.8 Å². The number of quaternary nitrogens is 1. The maximum atomic E-state index is 12.4. The van der Waals surface area contributed by atoms with Crippen LogP contribution in [0.5, 0.6) is 0 Å². The van der Waals surface area contributed by atoms with E-state index < -0.39 is 6.10 Å². The number of carbonyl (C=O) groups is 2. The highest BCUT2D eigenvalue weighted by Crippen LogP contribution is 2.14. The number of esters is 2. The highest BCUT2D eigenvalue weighted by atomic mass is 35.5. The summed E-state index contributed by atoms with van der Waals surface area (Å²) in [4.78, 5) is 24.9. The number of ether oxygens (including phenoxy) is 2. The summed E-state index contributed by atoms with van der Waals surface area (Å²) < 4.78 is 11.9. The lowest BCUT2D eigenvalue weighted by atomic mass is 10.1. The number of unbranched alkanes of at least 4 members (excludes halogenated alkanes) is 19. The summed E-state index contributed by atoms with van der Waals surface area (Å²) in [6, 6.07) is 0. The van der Waals surface area contributed by atoms with Gasteiger partial charge in [0.2, 0.25) is 0 Å². The lowest BCUT2D eigenvalue weighted by Gasteiger charge is -2.28. The van der Waals surface area contributed by atoms with E-state index in [9.17, 15) is 9.59 Å². The molecule has 0 rings (SSSR count). The summed E-state index contributed by atoms with van der Waals surface area (Å²) in [5.41, 5.74) is 0. The van der Waals surface area contributed by atoms with Gasteiger partial charge >= 0.3 is 11.9 Å². The van der Waals surface area contributed by atoms with E-state index in [0.717, 1.165) is 25.7 Å². The van der Waals surface area contributed by atoms with Crippen LogP contribution in [0.3, 0.4) is 0 Å². The molecule has 0 spiro atoms. The third-order valence-corrected chi connectivity index (χ3v) is 7.19. The van der Waals surface area contributed by atoms with Crippen molar-refractivity contribution in [2.24, 2.45) is 0 Å². The summed E-state index contributed by atoms with van der Waals surface area (Å²) in [6.45, 7) is 5.59. The molecule has 0 N–H and O–H groups in total. The zero-order chi connectivity index (χ0) is 28.3. The van der Waals surface area contributed by atoms with E-state index >= 15 is 0 Å². The minimum absolute atomic E-state index is 0. The first-order valence-electron chi connectivity index (χ1n) is 16.4. The molecule has 0 saturated heterocycles. The molecule has 0 aliphatic carbocycles. The Morgan fingerprint density at radius 2 is 0.949 bits per heavy atom. The minimum atomic E-state index is -0.421. The van der Waals surface area contributed by atoms with Crippen molar-refractivity contribution in [3.05, 3.63) is 0 Å². The third kappa shape index (κ3) is 31.6. The van der Waals surface area contributed by atoms with Crippen LogP contribution in [-0.2, 0) is 19.1 Å². The summed E-state index contributed by atoms with van der Waals surface area (Å²) in [5.74, 6) is -0.427. The van der Waals surface area contributed by atoms with Gasteiger partial charge in [0.05, 0.1) is 34.2 Å². The van der Waals surface area contributed by atoms with Crippen LogP contribution in [0.25, 0.3) is 0 Å². The van der Waals surface area contributed by atoms with Gasteiger partial charge in [0.1, 0.15) is 6.54 Å². The smallest absolute Gasteiger partial charge is 0.309 e. The molecule has 0 aliphatic rings. The Morgan fingerprint density at radius 1 is 0.564 bits per heavy atom. The Bertz CT molecular complexity index is 550. The van der Waals surface area contributed by atoms with Gasteiger partial charge in [0, 0.05) is 6.42 Å². The van der Waals surface area contributed by atoms with Crippen LogP contribution < -0.4 is 12.4 Å². The summed E-state index contributed by atoms with van der Waals surface area (Å²) >= 11 is 0. The molecule has 0 unspecified atom stereocenters. The van der Waals surface area contributed by atoms with E-state index in [0.29, 0.717) is 24.1 Å². The van der Waals surface area contributed by atoms with Crippen molar-refractivity contribution in [3.8, 4) is 0 Å². The molecular weight excluding hydrogens is 510 g/mol. The fraction of sp³-hybridized carbons (Fsp3) is 0.939. The minimum Gasteiger partial charge on any atom is -1.00 e. The molecular formula is C33H66ClNO4. The molecule has 0 aliphatic heterocycles. The maximum absolute atomic E-state index is 12.4. The van der Waals surface area contributed by atoms with Crippen LogP contribution >= 0.6 is 0 Å². The van der Waals surface area contributed by atoms with Gasteiger partial charge in [0.15, 0.2) is 6.10 Å². The second-order valence-corrected chi connectivity index (χ2v) is 12.5. The fourth-order valence-electron chi connectivity index (χ4n) is 4.95. The third-order valence-electron chi connectivity index (χ3n) is 7.19. The van der Waals surface area contributed by atoms with Crippen LogP contribution in [0.2, 0.25) is 0 Å². The lowest BCUT2D eigenvalue weighted by molar-refractivity contribution is -0.873. The zero-order valence-electron chi connectivity index (χ0n) is 26.7. The monoisotopic (exact) mass is 575 g/mol. The molecule has 0 amide bonds. The maximum Gasteiger partial charge on any atom is 0.309 e. The zero-order valence-corrected chi connectivity index (χ0v) is 27.5. The van der Waals surface area contributed by atoms with Crippen molar-refractivity contribution in [1.82, 2.24) is 0 Å². The number of hydrogen-bond acceptors (Lipinski definition) is 4. The molecule has 1 atom stereocenters. The van der Waals surface area contributed by atoms with E-state index in [1.807, 2.05) is 0 Å². The second-order valence-electron chi connectivity index (χ2n) is 12.5. The lowest BCUT2D eigenvalue weighted by Crippen LogP contribution is -3.00. The predicted molar refractivity (Wildman–Crippen MR) is 161 cm³/mol. The normalized spacial score (nSPS) is 12.1. The van der Waals surface area contributed by atoms with Gasteiger partial charge in [-0.25, -0.2) is 0 Å². The van der Waals surface area contributed by atoms with Crippen LogP contribution in [0.15, 0.2) is 0 Å². The molecule has 234 valence electrons. The average molecular weight is 576 g/mol. The first-order valence-corrected chi connectivity index (χ1v) is 16.4. The Labute approximate surface area is 249 Å². The van der Waals surface area contributed by atoms with Gasteiger partial charge in [0.25, 0.3) is 0 Å². The van der Waals surface area contributed by atoms with Gasteiger partial charge < -0.3 is 26.4 Å². The molecule has 39 heavy (non-hydrogen) atoms.